The molecule has 2 aliphatic rings. The maximum atomic E-state index is 12.0. The van der Waals surface area contributed by atoms with E-state index in [0.29, 0.717) is 12.6 Å². The summed E-state index contributed by atoms with van der Waals surface area (Å²) in [6.45, 7) is 2.72. The van der Waals surface area contributed by atoms with Gasteiger partial charge in [0.2, 0.25) is 11.8 Å². The van der Waals surface area contributed by atoms with E-state index in [1.165, 1.54) is 7.05 Å². The second kappa shape index (κ2) is 5.06. The molecule has 0 aliphatic carbocycles. The number of hydrogen-bond acceptors (Lipinski definition) is 4. The van der Waals surface area contributed by atoms with Crippen LogP contribution in [0.4, 0.5) is 0 Å². The summed E-state index contributed by atoms with van der Waals surface area (Å²) in [5, 5.41) is 5.93. The van der Waals surface area contributed by atoms with Crippen LogP contribution in [-0.4, -0.2) is 48.3 Å². The number of carbonyl (C=O) groups is 3. The maximum Gasteiger partial charge on any atom is 0.252 e. The normalized spacial score (nSPS) is 32.8. The van der Waals surface area contributed by atoms with Gasteiger partial charge in [-0.3, -0.25) is 19.3 Å². The third-order valence-corrected chi connectivity index (χ3v) is 3.73. The number of nitrogens with zero attached hydrogens (tertiary/aromatic N) is 1. The van der Waals surface area contributed by atoms with Gasteiger partial charge in [0.15, 0.2) is 0 Å². The van der Waals surface area contributed by atoms with E-state index in [4.69, 9.17) is 0 Å². The number of hydrogen-bond donors (Lipinski definition) is 2. The van der Waals surface area contributed by atoms with Gasteiger partial charge in [0, 0.05) is 19.6 Å². The van der Waals surface area contributed by atoms with E-state index in [1.54, 1.807) is 0 Å². The zero-order valence-electron chi connectivity index (χ0n) is 10.7. The van der Waals surface area contributed by atoms with Crippen molar-refractivity contribution >= 4 is 17.7 Å². The number of piperidine rings is 1. The summed E-state index contributed by atoms with van der Waals surface area (Å²) >= 11 is 0. The van der Waals surface area contributed by atoms with Gasteiger partial charge >= 0.3 is 0 Å². The Labute approximate surface area is 106 Å². The molecule has 3 unspecified atom stereocenters. The summed E-state index contributed by atoms with van der Waals surface area (Å²) in [6, 6.07) is -0.232. The standard InChI is InChI=1S/C12H19N3O3/c1-7-3-4-8(6-13-7)11(17)14-9-5-10(16)15(2)12(9)18/h7-9,13H,3-6H2,1-2H3,(H,14,17). The fourth-order valence-electron chi connectivity index (χ4n) is 2.38. The predicted octanol–water partition coefficient (Wildman–Crippen LogP) is -0.752. The molecule has 0 saturated carbocycles. The molecule has 0 bridgehead atoms. The molecule has 0 aromatic rings. The molecule has 0 aromatic carbocycles. The largest absolute Gasteiger partial charge is 0.343 e. The summed E-state index contributed by atoms with van der Waals surface area (Å²) in [5.74, 6) is -0.781. The van der Waals surface area contributed by atoms with Crippen molar-refractivity contribution in [3.05, 3.63) is 0 Å². The number of nitrogens with one attached hydrogen (secondary N) is 2. The van der Waals surface area contributed by atoms with Gasteiger partial charge in [-0.1, -0.05) is 0 Å². The Morgan fingerprint density at radius 2 is 2.11 bits per heavy atom. The highest BCUT2D eigenvalue weighted by atomic mass is 16.2. The van der Waals surface area contributed by atoms with E-state index in [1.807, 2.05) is 0 Å². The first kappa shape index (κ1) is 13.0. The average Bonchev–Trinajstić information content (AvgIpc) is 2.58. The lowest BCUT2D eigenvalue weighted by Crippen LogP contribution is -2.48. The van der Waals surface area contributed by atoms with Gasteiger partial charge < -0.3 is 10.6 Å². The van der Waals surface area contributed by atoms with Crippen molar-refractivity contribution in [2.24, 2.45) is 5.92 Å². The second-order valence-corrected chi connectivity index (χ2v) is 5.14. The van der Waals surface area contributed by atoms with Crippen LogP contribution >= 0.6 is 0 Å². The van der Waals surface area contributed by atoms with Gasteiger partial charge in [0.05, 0.1) is 12.3 Å². The van der Waals surface area contributed by atoms with Gasteiger partial charge in [-0.05, 0) is 19.8 Å². The molecule has 2 saturated heterocycles. The zero-order valence-corrected chi connectivity index (χ0v) is 10.7. The van der Waals surface area contributed by atoms with Crippen molar-refractivity contribution < 1.29 is 14.4 Å². The SMILES string of the molecule is CC1CCC(C(=O)NC2CC(=O)N(C)C2=O)CN1. The van der Waals surface area contributed by atoms with E-state index >= 15 is 0 Å². The van der Waals surface area contributed by atoms with E-state index in [9.17, 15) is 14.4 Å². The minimum absolute atomic E-state index is 0.0810. The average molecular weight is 253 g/mol. The van der Waals surface area contributed by atoms with Crippen molar-refractivity contribution in [2.75, 3.05) is 13.6 Å². The molecule has 2 aliphatic heterocycles. The third kappa shape index (κ3) is 2.53. The molecule has 2 heterocycles. The van der Waals surface area contributed by atoms with Crippen molar-refractivity contribution in [3.8, 4) is 0 Å². The van der Waals surface area contributed by atoms with Gasteiger partial charge in [-0.15, -0.1) is 0 Å². The molecule has 6 nitrogen and oxygen atoms in total. The van der Waals surface area contributed by atoms with Gasteiger partial charge in [0.25, 0.3) is 5.91 Å². The van der Waals surface area contributed by atoms with Crippen LogP contribution in [0.3, 0.4) is 0 Å². The summed E-state index contributed by atoms with van der Waals surface area (Å²) in [7, 11) is 1.45. The molecule has 100 valence electrons. The van der Waals surface area contributed by atoms with E-state index in [-0.39, 0.29) is 30.1 Å². The molecular formula is C12H19N3O3. The number of likely N-dealkylation sites (tertiary alicyclic amines) is 1. The summed E-state index contributed by atoms with van der Waals surface area (Å²) in [4.78, 5) is 36.1. The Hall–Kier alpha value is -1.43. The third-order valence-electron chi connectivity index (χ3n) is 3.73. The lowest BCUT2D eigenvalue weighted by Gasteiger charge is -2.27. The second-order valence-electron chi connectivity index (χ2n) is 5.14. The topological polar surface area (TPSA) is 78.5 Å². The summed E-state index contributed by atoms with van der Waals surface area (Å²) < 4.78 is 0. The number of rotatable bonds is 2. The van der Waals surface area contributed by atoms with Crippen LogP contribution in [0.5, 0.6) is 0 Å². The van der Waals surface area contributed by atoms with Crippen LogP contribution in [0.25, 0.3) is 0 Å². The van der Waals surface area contributed by atoms with Crippen LogP contribution in [-0.2, 0) is 14.4 Å². The Morgan fingerprint density at radius 3 is 2.61 bits per heavy atom. The molecule has 0 aromatic heterocycles. The van der Waals surface area contributed by atoms with Crippen LogP contribution < -0.4 is 10.6 Å². The number of amides is 3. The van der Waals surface area contributed by atoms with Crippen molar-refractivity contribution in [2.45, 2.75) is 38.3 Å². The van der Waals surface area contributed by atoms with Crippen molar-refractivity contribution in [3.63, 3.8) is 0 Å². The fraction of sp³-hybridized carbons (Fsp3) is 0.750. The van der Waals surface area contributed by atoms with Gasteiger partial charge in [0.1, 0.15) is 6.04 Å². The first-order valence-electron chi connectivity index (χ1n) is 6.33. The Bertz CT molecular complexity index is 375. The first-order valence-corrected chi connectivity index (χ1v) is 6.33. The molecule has 0 spiro atoms. The summed E-state index contributed by atoms with van der Waals surface area (Å²) in [6.07, 6.45) is 1.86. The van der Waals surface area contributed by atoms with Crippen LogP contribution in [0.1, 0.15) is 26.2 Å². The number of imide groups is 1. The zero-order chi connectivity index (χ0) is 13.3. The van der Waals surface area contributed by atoms with Crippen molar-refractivity contribution in [1.82, 2.24) is 15.5 Å². The number of carbonyl (C=O) groups excluding carboxylic acids is 3. The highest BCUT2D eigenvalue weighted by Crippen LogP contribution is 2.16. The first-order chi connectivity index (χ1) is 8.49. The molecule has 2 rings (SSSR count). The fourth-order valence-corrected chi connectivity index (χ4v) is 2.38. The molecule has 3 atom stereocenters. The summed E-state index contributed by atoms with van der Waals surface area (Å²) in [5.41, 5.74) is 0. The van der Waals surface area contributed by atoms with Crippen LogP contribution in [0.15, 0.2) is 0 Å². The highest BCUT2D eigenvalue weighted by molar-refractivity contribution is 6.06. The monoisotopic (exact) mass is 253 g/mol. The minimum Gasteiger partial charge on any atom is -0.343 e. The lowest BCUT2D eigenvalue weighted by atomic mass is 9.94. The van der Waals surface area contributed by atoms with Crippen LogP contribution in [0.2, 0.25) is 0 Å². The van der Waals surface area contributed by atoms with Gasteiger partial charge in [-0.25, -0.2) is 0 Å². The Kier molecular flexibility index (Phi) is 3.65. The number of likely N-dealkylation sites (N-methyl/N-ethyl adjacent to an activating group) is 1. The molecular weight excluding hydrogens is 234 g/mol. The Morgan fingerprint density at radius 1 is 1.39 bits per heavy atom. The molecule has 2 fully saturated rings. The van der Waals surface area contributed by atoms with Crippen LogP contribution in [0, 0.1) is 5.92 Å². The van der Waals surface area contributed by atoms with E-state index in [2.05, 4.69) is 17.6 Å². The smallest absolute Gasteiger partial charge is 0.252 e. The molecule has 6 heteroatoms. The van der Waals surface area contributed by atoms with E-state index < -0.39 is 6.04 Å². The maximum absolute atomic E-state index is 12.0. The quantitative estimate of drug-likeness (QED) is 0.635. The Balaban J connectivity index is 1.88. The molecule has 2 N–H and O–H groups in total. The molecule has 3 amide bonds. The van der Waals surface area contributed by atoms with Gasteiger partial charge in [-0.2, -0.15) is 0 Å². The predicted molar refractivity (Wildman–Crippen MR) is 64.5 cm³/mol. The lowest BCUT2D eigenvalue weighted by molar-refractivity contribution is -0.138. The molecule has 0 radical (unpaired) electrons. The molecule has 18 heavy (non-hydrogen) atoms. The van der Waals surface area contributed by atoms with Crippen molar-refractivity contribution in [1.29, 1.82) is 0 Å². The van der Waals surface area contributed by atoms with E-state index in [0.717, 1.165) is 17.7 Å². The highest BCUT2D eigenvalue weighted by Gasteiger charge is 2.38. The minimum atomic E-state index is -0.672.